The number of benzene rings is 1. The molecule has 45 heavy (non-hydrogen) atoms. The van der Waals surface area contributed by atoms with Gasteiger partial charge < -0.3 is 42.6 Å². The molecule has 0 spiro atoms. The van der Waals surface area contributed by atoms with E-state index in [-0.39, 0.29) is 12.5 Å². The number of hydrogen-bond donors (Lipinski definition) is 7. The van der Waals surface area contributed by atoms with Gasteiger partial charge in [-0.05, 0) is 30.7 Å². The molecule has 1 aromatic rings. The highest BCUT2D eigenvalue weighted by atomic mass is 16.5. The van der Waals surface area contributed by atoms with Crippen LogP contribution in [0.15, 0.2) is 30.3 Å². The summed E-state index contributed by atoms with van der Waals surface area (Å²) in [6.07, 6.45) is 4.65. The van der Waals surface area contributed by atoms with Gasteiger partial charge in [0.1, 0.15) is 36.8 Å². The topological polar surface area (TPSA) is 232 Å². The van der Waals surface area contributed by atoms with E-state index in [1.165, 1.54) is 6.92 Å². The van der Waals surface area contributed by atoms with Gasteiger partial charge in [-0.3, -0.25) is 24.0 Å². The molecule has 0 saturated heterocycles. The molecule has 2 rings (SSSR count). The molecule has 5 atom stereocenters. The van der Waals surface area contributed by atoms with Crippen LogP contribution in [0.2, 0.25) is 0 Å². The Labute approximate surface area is 263 Å². The van der Waals surface area contributed by atoms with E-state index in [9.17, 15) is 28.8 Å². The standard InChI is InChI=1S/C31H48N6O8/c1-18(2)26(37-29(42)24(15-25(33)39)35-27(40)22(32)16-38)30(43)36-23(14-20-10-6-4-7-11-20)28(41)34-19(3)31(44)45-17-21-12-8-5-9-13-21/h5,8-9,12-13,18-20,22-24,26,38H,4,6-7,10-11,14-17,32H2,1-3H3,(H2,33,39)(H,34,41)(H,35,40)(H,36,43)(H,37,42). The van der Waals surface area contributed by atoms with Crippen molar-refractivity contribution in [3.63, 3.8) is 0 Å². The van der Waals surface area contributed by atoms with Crippen LogP contribution in [-0.4, -0.2) is 77.4 Å². The minimum atomic E-state index is -1.45. The van der Waals surface area contributed by atoms with Crippen molar-refractivity contribution >= 4 is 35.5 Å². The van der Waals surface area contributed by atoms with Crippen LogP contribution >= 0.6 is 0 Å². The highest BCUT2D eigenvalue weighted by Gasteiger charge is 2.34. The summed E-state index contributed by atoms with van der Waals surface area (Å²) in [4.78, 5) is 76.5. The van der Waals surface area contributed by atoms with Crippen molar-refractivity contribution in [2.24, 2.45) is 23.3 Å². The number of ether oxygens (including phenoxy) is 1. The monoisotopic (exact) mass is 632 g/mol. The zero-order valence-corrected chi connectivity index (χ0v) is 26.3. The second-order valence-electron chi connectivity index (χ2n) is 11.9. The van der Waals surface area contributed by atoms with Crippen LogP contribution in [0.3, 0.4) is 0 Å². The maximum Gasteiger partial charge on any atom is 0.328 e. The molecule has 9 N–H and O–H groups in total. The second-order valence-corrected chi connectivity index (χ2v) is 11.9. The number of carbonyl (C=O) groups is 6. The average Bonchev–Trinajstić information content (AvgIpc) is 3.01. The average molecular weight is 633 g/mol. The van der Waals surface area contributed by atoms with E-state index >= 15 is 0 Å². The molecule has 14 nitrogen and oxygen atoms in total. The minimum absolute atomic E-state index is 0.0427. The number of nitrogens with one attached hydrogen (secondary N) is 4. The molecule has 0 heterocycles. The molecule has 0 bridgehead atoms. The van der Waals surface area contributed by atoms with Gasteiger partial charge in [-0.2, -0.15) is 0 Å². The van der Waals surface area contributed by atoms with Crippen LogP contribution in [0.25, 0.3) is 0 Å². The molecule has 1 saturated carbocycles. The Kier molecular flexibility index (Phi) is 15.4. The van der Waals surface area contributed by atoms with Crippen LogP contribution in [0.5, 0.6) is 0 Å². The van der Waals surface area contributed by atoms with Gasteiger partial charge in [-0.15, -0.1) is 0 Å². The molecule has 0 aliphatic heterocycles. The van der Waals surface area contributed by atoms with Crippen LogP contribution in [0.1, 0.15) is 71.3 Å². The quantitative estimate of drug-likeness (QED) is 0.110. The maximum absolute atomic E-state index is 13.5. The van der Waals surface area contributed by atoms with Gasteiger partial charge in [0, 0.05) is 0 Å². The number of esters is 1. The number of primary amides is 1. The van der Waals surface area contributed by atoms with E-state index in [1.807, 2.05) is 30.3 Å². The van der Waals surface area contributed by atoms with Gasteiger partial charge in [0.15, 0.2) is 0 Å². The molecule has 1 fully saturated rings. The number of carbonyl (C=O) groups excluding carboxylic acids is 6. The summed E-state index contributed by atoms with van der Waals surface area (Å²) in [6.45, 7) is 4.20. The second kappa shape index (κ2) is 18.7. The van der Waals surface area contributed by atoms with Crippen LogP contribution in [-0.2, 0) is 40.1 Å². The lowest BCUT2D eigenvalue weighted by Gasteiger charge is -2.30. The van der Waals surface area contributed by atoms with Gasteiger partial charge in [0.2, 0.25) is 29.5 Å². The molecular formula is C31H48N6O8. The third-order valence-corrected chi connectivity index (χ3v) is 7.68. The summed E-state index contributed by atoms with van der Waals surface area (Å²) in [5, 5.41) is 19.4. The Balaban J connectivity index is 2.15. The SMILES string of the molecule is CC(NC(=O)C(CC1CCCCC1)NC(=O)C(NC(=O)C(CC(N)=O)NC(=O)C(N)CO)C(C)C)C(=O)OCc1ccccc1. The number of nitrogens with two attached hydrogens (primary N) is 2. The fourth-order valence-electron chi connectivity index (χ4n) is 5.04. The van der Waals surface area contributed by atoms with Crippen molar-refractivity contribution in [1.29, 1.82) is 0 Å². The van der Waals surface area contributed by atoms with Crippen LogP contribution in [0, 0.1) is 11.8 Å². The van der Waals surface area contributed by atoms with E-state index in [2.05, 4.69) is 21.3 Å². The van der Waals surface area contributed by atoms with Crippen LogP contribution in [0.4, 0.5) is 0 Å². The van der Waals surface area contributed by atoms with Gasteiger partial charge in [0.05, 0.1) is 13.0 Å². The summed E-state index contributed by atoms with van der Waals surface area (Å²) in [7, 11) is 0. The number of aliphatic hydroxyl groups is 1. The third-order valence-electron chi connectivity index (χ3n) is 7.68. The molecule has 5 amide bonds. The molecule has 0 aromatic heterocycles. The zero-order chi connectivity index (χ0) is 33.5. The van der Waals surface area contributed by atoms with Crippen molar-refractivity contribution in [1.82, 2.24) is 21.3 Å². The van der Waals surface area contributed by atoms with E-state index in [4.69, 9.17) is 21.3 Å². The summed E-state index contributed by atoms with van der Waals surface area (Å²) in [5.74, 6) is -4.80. The summed E-state index contributed by atoms with van der Waals surface area (Å²) in [5.41, 5.74) is 11.6. The molecule has 14 heteroatoms. The molecular weight excluding hydrogens is 584 g/mol. The number of aliphatic hydroxyl groups excluding tert-OH is 1. The highest BCUT2D eigenvalue weighted by Crippen LogP contribution is 2.27. The minimum Gasteiger partial charge on any atom is -0.459 e. The first-order valence-corrected chi connectivity index (χ1v) is 15.4. The fraction of sp³-hybridized carbons (Fsp3) is 0.613. The molecule has 1 aliphatic rings. The van der Waals surface area contributed by atoms with Gasteiger partial charge >= 0.3 is 5.97 Å². The van der Waals surface area contributed by atoms with E-state index < -0.39 is 84.7 Å². The largest absolute Gasteiger partial charge is 0.459 e. The lowest BCUT2D eigenvalue weighted by Crippen LogP contribution is -2.60. The van der Waals surface area contributed by atoms with Gasteiger partial charge in [-0.25, -0.2) is 4.79 Å². The summed E-state index contributed by atoms with van der Waals surface area (Å²) < 4.78 is 5.34. The lowest BCUT2D eigenvalue weighted by atomic mass is 9.84. The fourth-order valence-corrected chi connectivity index (χ4v) is 5.04. The number of hydrogen-bond acceptors (Lipinski definition) is 9. The zero-order valence-electron chi connectivity index (χ0n) is 26.3. The van der Waals surface area contributed by atoms with Crippen molar-refractivity contribution in [3.8, 4) is 0 Å². The Morgan fingerprint density at radius 1 is 0.844 bits per heavy atom. The van der Waals surface area contributed by atoms with Crippen LogP contribution < -0.4 is 32.7 Å². The maximum atomic E-state index is 13.5. The Hall–Kier alpha value is -4.04. The number of amides is 5. The molecule has 5 unspecified atom stereocenters. The highest BCUT2D eigenvalue weighted by molar-refractivity contribution is 5.97. The first kappa shape index (κ1) is 37.1. The molecule has 0 radical (unpaired) electrons. The first-order valence-electron chi connectivity index (χ1n) is 15.4. The Bertz CT molecular complexity index is 1160. The van der Waals surface area contributed by atoms with Gasteiger partial charge in [0.25, 0.3) is 0 Å². The number of rotatable bonds is 17. The summed E-state index contributed by atoms with van der Waals surface area (Å²) in [6, 6.07) is 3.15. The third kappa shape index (κ3) is 12.8. The Morgan fingerprint density at radius 2 is 1.44 bits per heavy atom. The van der Waals surface area contributed by atoms with E-state index in [0.717, 1.165) is 37.7 Å². The first-order chi connectivity index (χ1) is 21.3. The lowest BCUT2D eigenvalue weighted by molar-refractivity contribution is -0.149. The van der Waals surface area contributed by atoms with Crippen molar-refractivity contribution in [2.75, 3.05) is 6.61 Å². The normalized spacial score (nSPS) is 16.8. The Morgan fingerprint density at radius 3 is 2.02 bits per heavy atom. The predicted molar refractivity (Wildman–Crippen MR) is 165 cm³/mol. The smallest absolute Gasteiger partial charge is 0.328 e. The van der Waals surface area contributed by atoms with E-state index in [0.29, 0.717) is 6.42 Å². The predicted octanol–water partition coefficient (Wildman–Crippen LogP) is -0.490. The molecule has 250 valence electrons. The van der Waals surface area contributed by atoms with Crippen molar-refractivity contribution < 1.29 is 38.6 Å². The summed E-state index contributed by atoms with van der Waals surface area (Å²) >= 11 is 0. The molecule has 1 aromatic carbocycles. The van der Waals surface area contributed by atoms with E-state index in [1.54, 1.807) is 13.8 Å². The molecule has 1 aliphatic carbocycles. The van der Waals surface area contributed by atoms with Gasteiger partial charge in [-0.1, -0.05) is 76.3 Å². The van der Waals surface area contributed by atoms with Crippen molar-refractivity contribution in [3.05, 3.63) is 35.9 Å². The van der Waals surface area contributed by atoms with Crippen molar-refractivity contribution in [2.45, 2.75) is 103 Å².